The van der Waals surface area contributed by atoms with Crippen molar-refractivity contribution in [1.82, 2.24) is 14.9 Å². The Morgan fingerprint density at radius 3 is 2.43 bits per heavy atom. The first kappa shape index (κ1) is 22.0. The topological polar surface area (TPSA) is 120 Å². The Balaban J connectivity index is 1.66. The van der Waals surface area contributed by atoms with E-state index in [0.717, 1.165) is 11.3 Å². The quantitative estimate of drug-likeness (QED) is 0.487. The van der Waals surface area contributed by atoms with Gasteiger partial charge in [-0.1, -0.05) is 29.0 Å². The fourth-order valence-corrected chi connectivity index (χ4v) is 4.45. The number of nitrogens with zero attached hydrogens (tertiary/aromatic N) is 2. The van der Waals surface area contributed by atoms with Crippen LogP contribution in [0.15, 0.2) is 46.8 Å². The number of nitrogens with one attached hydrogen (secondary N) is 2. The summed E-state index contributed by atoms with van der Waals surface area (Å²) in [6, 6.07) is 11.3. The molecule has 12 heteroatoms. The van der Waals surface area contributed by atoms with Crippen molar-refractivity contribution in [2.75, 3.05) is 19.5 Å². The summed E-state index contributed by atoms with van der Waals surface area (Å²) in [5.41, 5.74) is 1.02. The standard InChI is InChI=1S/C18H17ClN4O5S2/c1-27-14-8-3-11(9-15(14)28-2)10-20-30(25,26)18-23-22-17(29-18)21-16(24)12-4-6-13(19)7-5-12/h3-9,20H,10H2,1-2H3,(H,21,22,24). The minimum Gasteiger partial charge on any atom is -0.493 e. The van der Waals surface area contributed by atoms with Gasteiger partial charge in [0.25, 0.3) is 15.9 Å². The van der Waals surface area contributed by atoms with Crippen LogP contribution in [0.4, 0.5) is 5.13 Å². The van der Waals surface area contributed by atoms with E-state index in [9.17, 15) is 13.2 Å². The zero-order valence-electron chi connectivity index (χ0n) is 15.9. The van der Waals surface area contributed by atoms with E-state index in [2.05, 4.69) is 20.2 Å². The molecule has 2 aromatic carbocycles. The largest absolute Gasteiger partial charge is 0.493 e. The summed E-state index contributed by atoms with van der Waals surface area (Å²) in [4.78, 5) is 12.2. The fraction of sp³-hybridized carbons (Fsp3) is 0.167. The lowest BCUT2D eigenvalue weighted by molar-refractivity contribution is 0.102. The average molecular weight is 469 g/mol. The van der Waals surface area contributed by atoms with Gasteiger partial charge >= 0.3 is 0 Å². The van der Waals surface area contributed by atoms with Crippen LogP contribution in [-0.4, -0.2) is 38.7 Å². The summed E-state index contributed by atoms with van der Waals surface area (Å²) in [5, 5.41) is 10.5. The van der Waals surface area contributed by atoms with E-state index >= 15 is 0 Å². The van der Waals surface area contributed by atoms with E-state index in [1.54, 1.807) is 42.5 Å². The van der Waals surface area contributed by atoms with Gasteiger partial charge in [0.05, 0.1) is 14.2 Å². The molecule has 3 rings (SSSR count). The monoisotopic (exact) mass is 468 g/mol. The highest BCUT2D eigenvalue weighted by Gasteiger charge is 2.21. The Kier molecular flexibility index (Phi) is 6.87. The van der Waals surface area contributed by atoms with E-state index in [4.69, 9.17) is 21.1 Å². The first-order chi connectivity index (χ1) is 14.3. The number of anilines is 1. The SMILES string of the molecule is COc1ccc(CNS(=O)(=O)c2nnc(NC(=O)c3ccc(Cl)cc3)s2)cc1OC. The van der Waals surface area contributed by atoms with Gasteiger partial charge < -0.3 is 9.47 Å². The van der Waals surface area contributed by atoms with Crippen molar-refractivity contribution in [1.29, 1.82) is 0 Å². The number of hydrogen-bond donors (Lipinski definition) is 2. The molecule has 3 aromatic rings. The summed E-state index contributed by atoms with van der Waals surface area (Å²) >= 11 is 6.54. The molecule has 2 N–H and O–H groups in total. The molecule has 0 saturated carbocycles. The number of halogens is 1. The van der Waals surface area contributed by atoms with Gasteiger partial charge in [0.15, 0.2) is 11.5 Å². The number of ether oxygens (including phenoxy) is 2. The van der Waals surface area contributed by atoms with E-state index in [1.165, 1.54) is 14.2 Å². The highest BCUT2D eigenvalue weighted by molar-refractivity contribution is 7.91. The molecule has 0 spiro atoms. The van der Waals surface area contributed by atoms with Crippen molar-refractivity contribution < 1.29 is 22.7 Å². The summed E-state index contributed by atoms with van der Waals surface area (Å²) in [6.45, 7) is 0.00867. The average Bonchev–Trinajstić information content (AvgIpc) is 3.22. The number of carbonyl (C=O) groups is 1. The molecule has 0 aliphatic heterocycles. The maximum Gasteiger partial charge on any atom is 0.270 e. The van der Waals surface area contributed by atoms with Gasteiger partial charge in [0.2, 0.25) is 9.47 Å². The molecule has 0 fully saturated rings. The van der Waals surface area contributed by atoms with Gasteiger partial charge in [0.1, 0.15) is 0 Å². The van der Waals surface area contributed by atoms with E-state index in [-0.39, 0.29) is 16.0 Å². The Morgan fingerprint density at radius 1 is 1.07 bits per heavy atom. The molecule has 30 heavy (non-hydrogen) atoms. The minimum absolute atomic E-state index is 0.00867. The zero-order chi connectivity index (χ0) is 21.7. The second-order valence-corrected chi connectivity index (χ2v) is 9.20. The third-order valence-electron chi connectivity index (χ3n) is 3.88. The number of amides is 1. The lowest BCUT2D eigenvalue weighted by atomic mass is 10.2. The van der Waals surface area contributed by atoms with Gasteiger partial charge in [0, 0.05) is 17.1 Å². The van der Waals surface area contributed by atoms with Crippen LogP contribution in [0.25, 0.3) is 0 Å². The van der Waals surface area contributed by atoms with Crippen molar-refractivity contribution in [3.8, 4) is 11.5 Å². The minimum atomic E-state index is -3.92. The van der Waals surface area contributed by atoms with Crippen LogP contribution < -0.4 is 19.5 Å². The predicted octanol–water partition coefficient (Wildman–Crippen LogP) is 2.94. The molecule has 0 bridgehead atoms. The third-order valence-corrected chi connectivity index (χ3v) is 6.74. The second-order valence-electron chi connectivity index (χ2n) is 5.85. The normalized spacial score (nSPS) is 11.2. The number of sulfonamides is 1. The number of benzene rings is 2. The van der Waals surface area contributed by atoms with Crippen LogP contribution >= 0.6 is 22.9 Å². The highest BCUT2D eigenvalue weighted by atomic mass is 35.5. The van der Waals surface area contributed by atoms with Crippen LogP contribution in [0.2, 0.25) is 5.02 Å². The molecule has 0 radical (unpaired) electrons. The molecule has 0 aliphatic carbocycles. The van der Waals surface area contributed by atoms with Gasteiger partial charge in [-0.3, -0.25) is 10.1 Å². The zero-order valence-corrected chi connectivity index (χ0v) is 18.3. The molecule has 1 aromatic heterocycles. The van der Waals surface area contributed by atoms with Crippen LogP contribution in [0.1, 0.15) is 15.9 Å². The summed E-state index contributed by atoms with van der Waals surface area (Å²) < 4.78 is 37.5. The van der Waals surface area contributed by atoms with E-state index in [0.29, 0.717) is 27.6 Å². The molecule has 9 nitrogen and oxygen atoms in total. The lowest BCUT2D eigenvalue weighted by Gasteiger charge is -2.10. The first-order valence-corrected chi connectivity index (χ1v) is 11.1. The first-order valence-electron chi connectivity index (χ1n) is 8.43. The Bertz CT molecular complexity index is 1150. The summed E-state index contributed by atoms with van der Waals surface area (Å²) in [6.07, 6.45) is 0. The molecule has 0 unspecified atom stereocenters. The maximum absolute atomic E-state index is 12.5. The fourth-order valence-electron chi connectivity index (χ4n) is 2.37. The Hall–Kier alpha value is -2.73. The van der Waals surface area contributed by atoms with Crippen LogP contribution in [0.5, 0.6) is 11.5 Å². The van der Waals surface area contributed by atoms with Gasteiger partial charge in [-0.05, 0) is 42.0 Å². The van der Waals surface area contributed by atoms with Gasteiger partial charge in [-0.25, -0.2) is 13.1 Å². The Morgan fingerprint density at radius 2 is 1.77 bits per heavy atom. The number of carbonyl (C=O) groups excluding carboxylic acids is 1. The van der Waals surface area contributed by atoms with Gasteiger partial charge in [-0.2, -0.15) is 0 Å². The number of hydrogen-bond acceptors (Lipinski definition) is 8. The van der Waals surface area contributed by atoms with E-state index < -0.39 is 15.9 Å². The second kappa shape index (κ2) is 9.39. The van der Waals surface area contributed by atoms with Crippen molar-refractivity contribution in [3.05, 3.63) is 58.6 Å². The molecule has 158 valence electrons. The van der Waals surface area contributed by atoms with Crippen molar-refractivity contribution >= 4 is 44.0 Å². The molecule has 1 amide bonds. The third kappa shape index (κ3) is 5.25. The Labute approximate surface area is 182 Å². The highest BCUT2D eigenvalue weighted by Crippen LogP contribution is 2.28. The number of rotatable bonds is 8. The molecular weight excluding hydrogens is 452 g/mol. The molecular formula is C18H17ClN4O5S2. The van der Waals surface area contributed by atoms with Crippen LogP contribution in [0.3, 0.4) is 0 Å². The van der Waals surface area contributed by atoms with Crippen molar-refractivity contribution in [3.63, 3.8) is 0 Å². The van der Waals surface area contributed by atoms with Crippen LogP contribution in [-0.2, 0) is 16.6 Å². The molecule has 1 heterocycles. The van der Waals surface area contributed by atoms with Gasteiger partial charge in [-0.15, -0.1) is 10.2 Å². The van der Waals surface area contributed by atoms with Crippen molar-refractivity contribution in [2.24, 2.45) is 0 Å². The smallest absolute Gasteiger partial charge is 0.270 e. The van der Waals surface area contributed by atoms with Crippen LogP contribution in [0, 0.1) is 0 Å². The summed E-state index contributed by atoms with van der Waals surface area (Å²) in [7, 11) is -0.919. The molecule has 0 saturated heterocycles. The molecule has 0 aliphatic rings. The number of aromatic nitrogens is 2. The number of methoxy groups -OCH3 is 2. The molecule has 0 atom stereocenters. The maximum atomic E-state index is 12.5. The summed E-state index contributed by atoms with van der Waals surface area (Å²) in [5.74, 6) is 0.566. The van der Waals surface area contributed by atoms with Crippen molar-refractivity contribution in [2.45, 2.75) is 10.9 Å². The lowest BCUT2D eigenvalue weighted by Crippen LogP contribution is -2.23. The van der Waals surface area contributed by atoms with E-state index in [1.807, 2.05) is 0 Å². The predicted molar refractivity (Wildman–Crippen MR) is 113 cm³/mol.